The molecule has 1 aromatic rings. The van der Waals surface area contributed by atoms with Crippen molar-refractivity contribution in [2.45, 2.75) is 65.0 Å². The maximum absolute atomic E-state index is 3.83. The lowest BCUT2D eigenvalue weighted by molar-refractivity contribution is 0.335. The van der Waals surface area contributed by atoms with Crippen LogP contribution in [0, 0.1) is 11.8 Å². The Balaban J connectivity index is 1.86. The van der Waals surface area contributed by atoms with E-state index in [1.807, 2.05) is 0 Å². The van der Waals surface area contributed by atoms with Crippen LogP contribution in [0.1, 0.15) is 64.5 Å². The minimum Gasteiger partial charge on any atom is -0.307 e. The zero-order chi connectivity index (χ0) is 13.7. The van der Waals surface area contributed by atoms with Crippen LogP contribution in [0.4, 0.5) is 0 Å². The molecule has 0 aromatic heterocycles. The normalized spacial score (nSPS) is 26.1. The van der Waals surface area contributed by atoms with Crippen molar-refractivity contribution in [3.63, 3.8) is 0 Å². The Morgan fingerprint density at radius 1 is 0.947 bits per heavy atom. The first-order chi connectivity index (χ1) is 9.16. The molecule has 0 amide bonds. The highest BCUT2D eigenvalue weighted by molar-refractivity contribution is 5.18. The molecule has 0 radical (unpaired) electrons. The van der Waals surface area contributed by atoms with Crippen molar-refractivity contribution in [1.29, 1.82) is 0 Å². The summed E-state index contributed by atoms with van der Waals surface area (Å²) in [5.41, 5.74) is 1.41. The first-order valence-corrected chi connectivity index (χ1v) is 7.98. The summed E-state index contributed by atoms with van der Waals surface area (Å²) in [4.78, 5) is 0. The third-order valence-electron chi connectivity index (χ3n) is 4.74. The highest BCUT2D eigenvalue weighted by atomic mass is 14.9. The van der Waals surface area contributed by atoms with Gasteiger partial charge in [-0.25, -0.2) is 0 Å². The van der Waals surface area contributed by atoms with Gasteiger partial charge in [0.05, 0.1) is 0 Å². The summed E-state index contributed by atoms with van der Waals surface area (Å²) < 4.78 is 0. The topological polar surface area (TPSA) is 12.0 Å². The molecule has 106 valence electrons. The van der Waals surface area contributed by atoms with Crippen molar-refractivity contribution in [2.75, 3.05) is 0 Å². The zero-order valence-electron chi connectivity index (χ0n) is 12.7. The van der Waals surface area contributed by atoms with Gasteiger partial charge in [-0.3, -0.25) is 0 Å². The number of rotatable bonds is 4. The maximum atomic E-state index is 3.83. The van der Waals surface area contributed by atoms with Gasteiger partial charge < -0.3 is 5.32 Å². The summed E-state index contributed by atoms with van der Waals surface area (Å²) in [5, 5.41) is 3.83. The molecule has 1 N–H and O–H groups in total. The molecule has 0 saturated heterocycles. The fraction of sp³-hybridized carbons (Fsp3) is 0.667. The van der Waals surface area contributed by atoms with E-state index in [1.165, 1.54) is 37.7 Å². The van der Waals surface area contributed by atoms with Crippen molar-refractivity contribution in [3.8, 4) is 0 Å². The van der Waals surface area contributed by atoms with E-state index in [4.69, 9.17) is 0 Å². The molecule has 1 aromatic carbocycles. The Kier molecular flexibility index (Phi) is 5.45. The number of hydrogen-bond acceptors (Lipinski definition) is 1. The van der Waals surface area contributed by atoms with E-state index in [0.29, 0.717) is 12.1 Å². The molecule has 0 aliphatic heterocycles. The molecule has 3 atom stereocenters. The van der Waals surface area contributed by atoms with Crippen molar-refractivity contribution < 1.29 is 0 Å². The van der Waals surface area contributed by atoms with Gasteiger partial charge in [-0.15, -0.1) is 0 Å². The molecule has 1 nitrogen and oxygen atoms in total. The van der Waals surface area contributed by atoms with Crippen LogP contribution in [-0.2, 0) is 0 Å². The van der Waals surface area contributed by atoms with E-state index < -0.39 is 0 Å². The highest BCUT2D eigenvalue weighted by Gasteiger charge is 2.21. The maximum Gasteiger partial charge on any atom is 0.0294 e. The minimum atomic E-state index is 0.474. The van der Waals surface area contributed by atoms with Crippen LogP contribution in [0.25, 0.3) is 0 Å². The van der Waals surface area contributed by atoms with Crippen LogP contribution in [0.2, 0.25) is 0 Å². The second-order valence-corrected chi connectivity index (χ2v) is 6.51. The molecule has 3 unspecified atom stereocenters. The Labute approximate surface area is 118 Å². The lowest BCUT2D eigenvalue weighted by Crippen LogP contribution is -2.31. The summed E-state index contributed by atoms with van der Waals surface area (Å²) in [6.07, 6.45) is 6.91. The number of hydrogen-bond donors (Lipinski definition) is 1. The smallest absolute Gasteiger partial charge is 0.0294 e. The van der Waals surface area contributed by atoms with Crippen molar-refractivity contribution in [1.82, 2.24) is 5.32 Å². The summed E-state index contributed by atoms with van der Waals surface area (Å²) >= 11 is 0. The Morgan fingerprint density at radius 3 is 2.37 bits per heavy atom. The van der Waals surface area contributed by atoms with E-state index in [2.05, 4.69) is 56.4 Å². The minimum absolute atomic E-state index is 0.474. The van der Waals surface area contributed by atoms with Crippen LogP contribution < -0.4 is 5.32 Å². The van der Waals surface area contributed by atoms with Gasteiger partial charge in [0.25, 0.3) is 0 Å². The standard InChI is InChI=1S/C18H29N/c1-14(2)16-10-7-11-18(13-12-16)19-15(3)17-8-5-4-6-9-17/h4-6,8-9,14-16,18-19H,7,10-13H2,1-3H3. The highest BCUT2D eigenvalue weighted by Crippen LogP contribution is 2.29. The lowest BCUT2D eigenvalue weighted by atomic mass is 9.89. The average Bonchev–Trinajstić information content (AvgIpc) is 2.65. The Hall–Kier alpha value is -0.820. The molecular weight excluding hydrogens is 230 g/mol. The van der Waals surface area contributed by atoms with Crippen LogP contribution in [0.5, 0.6) is 0 Å². The van der Waals surface area contributed by atoms with E-state index in [-0.39, 0.29) is 0 Å². The first-order valence-electron chi connectivity index (χ1n) is 7.98. The van der Waals surface area contributed by atoms with Gasteiger partial charge in [0, 0.05) is 12.1 Å². The molecule has 0 bridgehead atoms. The van der Waals surface area contributed by atoms with Crippen molar-refractivity contribution >= 4 is 0 Å². The monoisotopic (exact) mass is 259 g/mol. The third kappa shape index (κ3) is 4.35. The molecule has 1 saturated carbocycles. The summed E-state index contributed by atoms with van der Waals surface area (Å²) in [6, 6.07) is 12.0. The summed E-state index contributed by atoms with van der Waals surface area (Å²) in [5.74, 6) is 1.80. The molecule has 0 spiro atoms. The fourth-order valence-electron chi connectivity index (χ4n) is 3.36. The molecule has 1 aliphatic rings. The average molecular weight is 259 g/mol. The summed E-state index contributed by atoms with van der Waals surface area (Å²) in [6.45, 7) is 7.05. The second kappa shape index (κ2) is 7.09. The lowest BCUT2D eigenvalue weighted by Gasteiger charge is -2.23. The molecule has 1 heteroatoms. The van der Waals surface area contributed by atoms with Gasteiger partial charge in [0.2, 0.25) is 0 Å². The fourth-order valence-corrected chi connectivity index (χ4v) is 3.36. The second-order valence-electron chi connectivity index (χ2n) is 6.51. The van der Waals surface area contributed by atoms with E-state index in [0.717, 1.165) is 11.8 Å². The molecule has 0 heterocycles. The van der Waals surface area contributed by atoms with Crippen molar-refractivity contribution in [3.05, 3.63) is 35.9 Å². The van der Waals surface area contributed by atoms with Gasteiger partial charge in [0.15, 0.2) is 0 Å². The Morgan fingerprint density at radius 2 is 1.68 bits per heavy atom. The van der Waals surface area contributed by atoms with Gasteiger partial charge >= 0.3 is 0 Å². The largest absolute Gasteiger partial charge is 0.307 e. The molecule has 19 heavy (non-hydrogen) atoms. The van der Waals surface area contributed by atoms with Crippen LogP contribution >= 0.6 is 0 Å². The van der Waals surface area contributed by atoms with Gasteiger partial charge in [-0.05, 0) is 43.6 Å². The van der Waals surface area contributed by atoms with E-state index in [9.17, 15) is 0 Å². The molecule has 1 fully saturated rings. The van der Waals surface area contributed by atoms with Gasteiger partial charge in [0.1, 0.15) is 0 Å². The van der Waals surface area contributed by atoms with Crippen LogP contribution in [0.3, 0.4) is 0 Å². The first kappa shape index (κ1) is 14.6. The number of nitrogens with one attached hydrogen (secondary N) is 1. The summed E-state index contributed by atoms with van der Waals surface area (Å²) in [7, 11) is 0. The third-order valence-corrected chi connectivity index (χ3v) is 4.74. The predicted molar refractivity (Wildman–Crippen MR) is 83.2 cm³/mol. The number of benzene rings is 1. The van der Waals surface area contributed by atoms with Crippen LogP contribution in [-0.4, -0.2) is 6.04 Å². The van der Waals surface area contributed by atoms with E-state index >= 15 is 0 Å². The van der Waals surface area contributed by atoms with Crippen molar-refractivity contribution in [2.24, 2.45) is 11.8 Å². The predicted octanol–water partition coefficient (Wildman–Crippen LogP) is 4.94. The van der Waals surface area contributed by atoms with E-state index in [1.54, 1.807) is 0 Å². The Bertz CT molecular complexity index is 357. The zero-order valence-corrected chi connectivity index (χ0v) is 12.7. The quantitative estimate of drug-likeness (QED) is 0.755. The van der Waals surface area contributed by atoms with Gasteiger partial charge in [-0.1, -0.05) is 57.0 Å². The SMILES string of the molecule is CC(NC1CCCC(C(C)C)CC1)c1ccccc1. The molecular formula is C18H29N. The van der Waals surface area contributed by atoms with Crippen LogP contribution in [0.15, 0.2) is 30.3 Å². The molecule has 2 rings (SSSR count). The molecule has 1 aliphatic carbocycles. The van der Waals surface area contributed by atoms with Gasteiger partial charge in [-0.2, -0.15) is 0 Å².